The van der Waals surface area contributed by atoms with Gasteiger partial charge in [0.2, 0.25) is 0 Å². The maximum atomic E-state index is 9.06. The molecule has 3 nitrogen and oxygen atoms in total. The molecule has 0 atom stereocenters. The average molecular weight is 277 g/mol. The second-order valence-electron chi connectivity index (χ2n) is 4.77. The molecule has 1 aromatic heterocycles. The van der Waals surface area contributed by atoms with Crippen molar-refractivity contribution in [2.24, 2.45) is 0 Å². The Hall–Kier alpha value is -2.60. The first-order chi connectivity index (χ1) is 10.3. The summed E-state index contributed by atoms with van der Waals surface area (Å²) in [5.41, 5.74) is 2.61. The van der Waals surface area contributed by atoms with E-state index in [4.69, 9.17) is 5.26 Å². The Morgan fingerprint density at radius 2 is 2.10 bits per heavy atom. The molecule has 0 radical (unpaired) electrons. The van der Waals surface area contributed by atoms with Gasteiger partial charge in [-0.15, -0.1) is 0 Å². The van der Waals surface area contributed by atoms with Crippen molar-refractivity contribution in [1.29, 1.82) is 5.26 Å². The molecule has 0 amide bonds. The fraction of sp³-hybridized carbons (Fsp3) is 0.222. The van der Waals surface area contributed by atoms with E-state index in [1.807, 2.05) is 42.6 Å². The monoisotopic (exact) mass is 277 g/mol. The van der Waals surface area contributed by atoms with E-state index >= 15 is 0 Å². The van der Waals surface area contributed by atoms with Crippen molar-refractivity contribution in [3.63, 3.8) is 0 Å². The molecule has 0 aliphatic rings. The molecule has 106 valence electrons. The van der Waals surface area contributed by atoms with Gasteiger partial charge in [-0.3, -0.25) is 4.98 Å². The highest BCUT2D eigenvalue weighted by molar-refractivity contribution is 5.66. The molecule has 21 heavy (non-hydrogen) atoms. The summed E-state index contributed by atoms with van der Waals surface area (Å²) >= 11 is 0. The van der Waals surface area contributed by atoms with Crippen LogP contribution in [0.1, 0.15) is 31.7 Å². The van der Waals surface area contributed by atoms with E-state index in [2.05, 4.69) is 35.2 Å². The molecule has 2 rings (SSSR count). The zero-order valence-electron chi connectivity index (χ0n) is 12.2. The molecule has 0 fully saturated rings. The van der Waals surface area contributed by atoms with Crippen molar-refractivity contribution >= 4 is 11.4 Å². The van der Waals surface area contributed by atoms with Gasteiger partial charge in [0.25, 0.3) is 0 Å². The second-order valence-corrected chi connectivity index (χ2v) is 4.77. The number of aromatic nitrogens is 1. The van der Waals surface area contributed by atoms with Crippen molar-refractivity contribution in [2.75, 3.05) is 4.90 Å². The van der Waals surface area contributed by atoms with Crippen LogP contribution in [0.15, 0.2) is 61.1 Å². The Kier molecular flexibility index (Phi) is 5.54. The smallest absolute Gasteiger partial charge is 0.0992 e. The van der Waals surface area contributed by atoms with E-state index < -0.39 is 0 Å². The molecule has 0 unspecified atom stereocenters. The topological polar surface area (TPSA) is 39.9 Å². The van der Waals surface area contributed by atoms with Gasteiger partial charge in [0.1, 0.15) is 0 Å². The Bertz CT molecular complexity index is 626. The first kappa shape index (κ1) is 14.8. The first-order valence-corrected chi connectivity index (χ1v) is 7.21. The maximum Gasteiger partial charge on any atom is 0.0992 e. The number of unbranched alkanes of at least 4 members (excludes halogenated alkanes) is 2. The van der Waals surface area contributed by atoms with Crippen molar-refractivity contribution in [2.45, 2.75) is 26.2 Å². The summed E-state index contributed by atoms with van der Waals surface area (Å²) in [4.78, 5) is 6.24. The van der Waals surface area contributed by atoms with E-state index in [0.29, 0.717) is 5.56 Å². The number of hydrogen-bond acceptors (Lipinski definition) is 3. The number of rotatable bonds is 6. The molecule has 3 heteroatoms. The number of benzene rings is 1. The molecule has 1 heterocycles. The second kappa shape index (κ2) is 7.86. The summed E-state index contributed by atoms with van der Waals surface area (Å²) in [6, 6.07) is 13.7. The molecule has 0 bridgehead atoms. The van der Waals surface area contributed by atoms with Gasteiger partial charge in [-0.05, 0) is 36.8 Å². The molecule has 0 spiro atoms. The number of pyridine rings is 1. The van der Waals surface area contributed by atoms with Crippen molar-refractivity contribution in [1.82, 2.24) is 4.98 Å². The predicted molar refractivity (Wildman–Crippen MR) is 86.2 cm³/mol. The van der Waals surface area contributed by atoms with Crippen LogP contribution in [-0.2, 0) is 0 Å². The Morgan fingerprint density at radius 1 is 1.24 bits per heavy atom. The van der Waals surface area contributed by atoms with E-state index in [9.17, 15) is 0 Å². The molecule has 0 saturated carbocycles. The highest BCUT2D eigenvalue weighted by Crippen LogP contribution is 2.25. The highest BCUT2D eigenvalue weighted by atomic mass is 15.1. The van der Waals surface area contributed by atoms with Crippen LogP contribution in [0, 0.1) is 11.3 Å². The van der Waals surface area contributed by atoms with Gasteiger partial charge in [0, 0.05) is 18.1 Å². The predicted octanol–water partition coefficient (Wildman–Crippen LogP) is 4.80. The third-order valence-electron chi connectivity index (χ3n) is 3.16. The van der Waals surface area contributed by atoms with Crippen LogP contribution >= 0.6 is 0 Å². The zero-order valence-corrected chi connectivity index (χ0v) is 12.2. The largest absolute Gasteiger partial charge is 0.316 e. The highest BCUT2D eigenvalue weighted by Gasteiger charge is 2.06. The Morgan fingerprint density at radius 3 is 2.81 bits per heavy atom. The van der Waals surface area contributed by atoms with Crippen LogP contribution < -0.4 is 4.90 Å². The average Bonchev–Trinajstić information content (AvgIpc) is 2.56. The van der Waals surface area contributed by atoms with Crippen molar-refractivity contribution in [3.05, 3.63) is 66.6 Å². The van der Waals surface area contributed by atoms with Crippen molar-refractivity contribution in [3.8, 4) is 6.07 Å². The van der Waals surface area contributed by atoms with E-state index in [1.54, 1.807) is 6.20 Å². The minimum Gasteiger partial charge on any atom is -0.316 e. The van der Waals surface area contributed by atoms with E-state index in [-0.39, 0.29) is 0 Å². The molecular weight excluding hydrogens is 258 g/mol. The molecular formula is C18H19N3. The van der Waals surface area contributed by atoms with Crippen LogP contribution in [0.3, 0.4) is 0 Å². The lowest BCUT2D eigenvalue weighted by molar-refractivity contribution is 0.813. The van der Waals surface area contributed by atoms with Gasteiger partial charge in [-0.1, -0.05) is 31.9 Å². The van der Waals surface area contributed by atoms with Gasteiger partial charge in [0.15, 0.2) is 0 Å². The fourth-order valence-corrected chi connectivity index (χ4v) is 2.04. The van der Waals surface area contributed by atoms with Crippen LogP contribution in [-0.4, -0.2) is 4.98 Å². The maximum absolute atomic E-state index is 9.06. The fourth-order valence-electron chi connectivity index (χ4n) is 2.04. The summed E-state index contributed by atoms with van der Waals surface area (Å²) < 4.78 is 0. The Balaban J connectivity index is 2.31. The molecule has 0 aliphatic carbocycles. The number of nitriles is 1. The number of nitrogens with zero attached hydrogens (tertiary/aromatic N) is 3. The number of allylic oxidation sites excluding steroid dienone is 1. The lowest BCUT2D eigenvalue weighted by Gasteiger charge is -2.20. The summed E-state index contributed by atoms with van der Waals surface area (Å²) in [5.74, 6) is 0. The molecule has 0 saturated heterocycles. The van der Waals surface area contributed by atoms with E-state index in [1.165, 1.54) is 12.8 Å². The van der Waals surface area contributed by atoms with Gasteiger partial charge in [-0.2, -0.15) is 5.26 Å². The van der Waals surface area contributed by atoms with Crippen molar-refractivity contribution < 1.29 is 0 Å². The molecule has 0 aliphatic heterocycles. The zero-order chi connectivity index (χ0) is 14.9. The van der Waals surface area contributed by atoms with Crippen LogP contribution in [0.2, 0.25) is 0 Å². The summed E-state index contributed by atoms with van der Waals surface area (Å²) in [6.45, 7) is 2.18. The number of hydrogen-bond donors (Lipinski definition) is 0. The van der Waals surface area contributed by atoms with Crippen LogP contribution in [0.5, 0.6) is 0 Å². The standard InChI is InChI=1S/C18H19N3/c1-2-3-4-5-12-21(18-10-7-11-20-15-18)17-9-6-8-16(13-17)14-19/h5-13,15H,2-4H2,1H3/b12-5+. The minimum absolute atomic E-state index is 0.656. The van der Waals surface area contributed by atoms with Gasteiger partial charge in [0.05, 0.1) is 23.5 Å². The SMILES string of the molecule is CCCC/C=C/N(c1cccnc1)c1cccc(C#N)c1. The summed E-state index contributed by atoms with van der Waals surface area (Å²) in [6.07, 6.45) is 11.2. The summed E-state index contributed by atoms with van der Waals surface area (Å²) in [5, 5.41) is 9.06. The van der Waals surface area contributed by atoms with Gasteiger partial charge >= 0.3 is 0 Å². The van der Waals surface area contributed by atoms with Gasteiger partial charge < -0.3 is 4.90 Å². The van der Waals surface area contributed by atoms with E-state index in [0.717, 1.165) is 17.8 Å². The number of anilines is 2. The third kappa shape index (κ3) is 4.19. The minimum atomic E-state index is 0.656. The van der Waals surface area contributed by atoms with Gasteiger partial charge in [-0.25, -0.2) is 0 Å². The van der Waals surface area contributed by atoms with Crippen LogP contribution in [0.25, 0.3) is 0 Å². The van der Waals surface area contributed by atoms with Crippen LogP contribution in [0.4, 0.5) is 11.4 Å². The summed E-state index contributed by atoms with van der Waals surface area (Å²) in [7, 11) is 0. The quantitative estimate of drug-likeness (QED) is 0.712. The lowest BCUT2D eigenvalue weighted by Crippen LogP contribution is -2.08. The normalized spacial score (nSPS) is 10.5. The molecule has 0 N–H and O–H groups in total. The molecule has 1 aromatic carbocycles. The molecule has 2 aromatic rings. The lowest BCUT2D eigenvalue weighted by atomic mass is 10.2. The Labute approximate surface area is 126 Å². The third-order valence-corrected chi connectivity index (χ3v) is 3.16. The first-order valence-electron chi connectivity index (χ1n) is 7.21.